The molecular formula is C27H25ClN4O6S. The number of hydrogen-bond donors (Lipinski definition) is 1. The highest BCUT2D eigenvalue weighted by atomic mass is 35.5. The van der Waals surface area contributed by atoms with Gasteiger partial charge in [-0.25, -0.2) is 17.9 Å². The van der Waals surface area contributed by atoms with Crippen molar-refractivity contribution in [2.75, 3.05) is 23.8 Å². The van der Waals surface area contributed by atoms with Crippen LogP contribution in [-0.4, -0.2) is 43.8 Å². The summed E-state index contributed by atoms with van der Waals surface area (Å²) in [6.45, 7) is 1.63. The standard InChI is InChI=1S/C27H25ClN4O6S/c1-17-24(26(34)32(30(17)2)19-10-6-5-7-11-19)31(3)39(36,37)23-16-18(14-15-21(23)28)25(33)29-22-13-9-8-12-20(22)27(35)38-4/h5-16H,1-4H3,(H,29,33). The second-order valence-electron chi connectivity index (χ2n) is 8.52. The third-order valence-electron chi connectivity index (χ3n) is 6.25. The Kier molecular flexibility index (Phi) is 7.66. The van der Waals surface area contributed by atoms with Crippen LogP contribution in [0.15, 0.2) is 82.5 Å². The minimum atomic E-state index is -4.39. The lowest BCUT2D eigenvalue weighted by Gasteiger charge is -2.19. The quantitative estimate of drug-likeness (QED) is 0.337. The van der Waals surface area contributed by atoms with Crippen LogP contribution in [0.2, 0.25) is 5.02 Å². The van der Waals surface area contributed by atoms with Gasteiger partial charge in [0, 0.05) is 19.7 Å². The number of carbonyl (C=O) groups is 2. The van der Waals surface area contributed by atoms with E-state index in [1.165, 1.54) is 43.1 Å². The number of ether oxygens (including phenoxy) is 1. The van der Waals surface area contributed by atoms with Crippen LogP contribution in [0.3, 0.4) is 0 Å². The van der Waals surface area contributed by atoms with E-state index < -0.39 is 27.5 Å². The van der Waals surface area contributed by atoms with E-state index in [-0.39, 0.29) is 32.4 Å². The highest BCUT2D eigenvalue weighted by Crippen LogP contribution is 2.29. The van der Waals surface area contributed by atoms with E-state index in [0.717, 1.165) is 10.4 Å². The van der Waals surface area contributed by atoms with Gasteiger partial charge in [0.25, 0.3) is 21.5 Å². The molecule has 1 heterocycles. The summed E-state index contributed by atoms with van der Waals surface area (Å²) in [5.41, 5.74) is 0.637. The zero-order chi connectivity index (χ0) is 28.5. The van der Waals surface area contributed by atoms with Crippen molar-refractivity contribution >= 4 is 44.9 Å². The highest BCUT2D eigenvalue weighted by Gasteiger charge is 2.31. The van der Waals surface area contributed by atoms with E-state index in [2.05, 4.69) is 5.32 Å². The molecule has 1 aromatic heterocycles. The van der Waals surface area contributed by atoms with Crippen LogP contribution in [0.5, 0.6) is 0 Å². The van der Waals surface area contributed by atoms with Gasteiger partial charge >= 0.3 is 5.97 Å². The number of halogens is 1. The smallest absolute Gasteiger partial charge is 0.339 e. The fourth-order valence-corrected chi connectivity index (χ4v) is 5.85. The van der Waals surface area contributed by atoms with Crippen molar-refractivity contribution in [3.8, 4) is 5.69 Å². The number of nitrogens with one attached hydrogen (secondary N) is 1. The van der Waals surface area contributed by atoms with Gasteiger partial charge in [-0.3, -0.25) is 18.6 Å². The summed E-state index contributed by atoms with van der Waals surface area (Å²) in [5.74, 6) is -1.32. The first-order valence-corrected chi connectivity index (χ1v) is 13.4. The van der Waals surface area contributed by atoms with Crippen molar-refractivity contribution in [3.05, 3.63) is 105 Å². The normalized spacial score (nSPS) is 11.2. The number of benzene rings is 3. The van der Waals surface area contributed by atoms with Gasteiger partial charge < -0.3 is 10.1 Å². The summed E-state index contributed by atoms with van der Waals surface area (Å²) in [5, 5.41) is 2.47. The lowest BCUT2D eigenvalue weighted by Crippen LogP contribution is -2.32. The number of amides is 1. The molecule has 4 aromatic rings. The number of carbonyl (C=O) groups excluding carboxylic acids is 2. The Morgan fingerprint density at radius 1 is 1.00 bits per heavy atom. The average molecular weight is 569 g/mol. The first-order chi connectivity index (χ1) is 18.5. The molecule has 202 valence electrons. The molecule has 1 amide bonds. The van der Waals surface area contributed by atoms with Crippen molar-refractivity contribution in [1.82, 2.24) is 9.36 Å². The van der Waals surface area contributed by atoms with E-state index in [9.17, 15) is 22.8 Å². The summed E-state index contributed by atoms with van der Waals surface area (Å²) >= 11 is 6.29. The van der Waals surface area contributed by atoms with Gasteiger partial charge in [-0.05, 0) is 49.4 Å². The Morgan fingerprint density at radius 3 is 2.31 bits per heavy atom. The first kappa shape index (κ1) is 27.7. The maximum atomic E-state index is 13.7. The molecule has 12 heteroatoms. The first-order valence-electron chi connectivity index (χ1n) is 11.6. The Morgan fingerprint density at radius 2 is 1.64 bits per heavy atom. The van der Waals surface area contributed by atoms with Gasteiger partial charge in [0.05, 0.1) is 34.8 Å². The van der Waals surface area contributed by atoms with Crippen LogP contribution in [0.25, 0.3) is 5.69 Å². The number of anilines is 2. The van der Waals surface area contributed by atoms with Crippen molar-refractivity contribution < 1.29 is 22.7 Å². The van der Waals surface area contributed by atoms with Crippen LogP contribution in [0.4, 0.5) is 11.4 Å². The van der Waals surface area contributed by atoms with Crippen molar-refractivity contribution in [2.45, 2.75) is 11.8 Å². The molecule has 0 fully saturated rings. The van der Waals surface area contributed by atoms with E-state index in [1.807, 2.05) is 0 Å². The number of aromatic nitrogens is 2. The lowest BCUT2D eigenvalue weighted by atomic mass is 10.1. The van der Waals surface area contributed by atoms with Gasteiger partial charge in [0.2, 0.25) is 0 Å². The maximum Gasteiger partial charge on any atom is 0.339 e. The number of rotatable bonds is 7. The molecule has 0 saturated carbocycles. The minimum Gasteiger partial charge on any atom is -0.465 e. The summed E-state index contributed by atoms with van der Waals surface area (Å²) in [6.07, 6.45) is 0. The second-order valence-corrected chi connectivity index (χ2v) is 10.9. The predicted octanol–water partition coefficient (Wildman–Crippen LogP) is 4.00. The van der Waals surface area contributed by atoms with Crippen LogP contribution in [0, 0.1) is 6.92 Å². The molecular weight excluding hydrogens is 544 g/mol. The molecule has 0 spiro atoms. The average Bonchev–Trinajstić information content (AvgIpc) is 3.15. The third kappa shape index (κ3) is 5.06. The molecule has 1 N–H and O–H groups in total. The SMILES string of the molecule is COC(=O)c1ccccc1NC(=O)c1ccc(Cl)c(S(=O)(=O)N(C)c2c(C)n(C)n(-c3ccccc3)c2=O)c1. The van der Waals surface area contributed by atoms with Crippen LogP contribution in [0.1, 0.15) is 26.4 Å². The molecule has 0 aliphatic heterocycles. The Balaban J connectivity index is 1.73. The molecule has 0 radical (unpaired) electrons. The van der Waals surface area contributed by atoms with Crippen LogP contribution < -0.4 is 15.2 Å². The van der Waals surface area contributed by atoms with E-state index in [0.29, 0.717) is 11.4 Å². The predicted molar refractivity (Wildman–Crippen MR) is 149 cm³/mol. The monoisotopic (exact) mass is 568 g/mol. The second kappa shape index (κ2) is 10.8. The topological polar surface area (TPSA) is 120 Å². The van der Waals surface area contributed by atoms with E-state index in [1.54, 1.807) is 61.1 Å². The lowest BCUT2D eigenvalue weighted by molar-refractivity contribution is 0.0602. The van der Waals surface area contributed by atoms with Gasteiger partial charge in [-0.15, -0.1) is 0 Å². The molecule has 10 nitrogen and oxygen atoms in total. The highest BCUT2D eigenvalue weighted by molar-refractivity contribution is 7.93. The molecule has 3 aromatic carbocycles. The largest absolute Gasteiger partial charge is 0.465 e. The van der Waals surface area contributed by atoms with Crippen molar-refractivity contribution in [1.29, 1.82) is 0 Å². The molecule has 4 rings (SSSR count). The number of sulfonamides is 1. The number of nitrogens with zero attached hydrogens (tertiary/aromatic N) is 3. The zero-order valence-corrected chi connectivity index (χ0v) is 23.1. The summed E-state index contributed by atoms with van der Waals surface area (Å²) in [4.78, 5) is 38.1. The van der Waals surface area contributed by atoms with Gasteiger partial charge in [0.1, 0.15) is 10.6 Å². The van der Waals surface area contributed by atoms with Gasteiger partial charge in [0.15, 0.2) is 0 Å². The number of hydrogen-bond acceptors (Lipinski definition) is 6. The Hall–Kier alpha value is -4.35. The number of methoxy groups -OCH3 is 1. The summed E-state index contributed by atoms with van der Waals surface area (Å²) in [7, 11) is -0.263. The van der Waals surface area contributed by atoms with E-state index in [4.69, 9.17) is 16.3 Å². The molecule has 39 heavy (non-hydrogen) atoms. The number of esters is 1. The Labute approximate surface area is 230 Å². The van der Waals surface area contributed by atoms with Crippen LogP contribution in [-0.2, 0) is 21.8 Å². The van der Waals surface area contributed by atoms with E-state index >= 15 is 0 Å². The fourth-order valence-electron chi connectivity index (χ4n) is 4.10. The molecule has 0 aliphatic rings. The van der Waals surface area contributed by atoms with Crippen molar-refractivity contribution in [3.63, 3.8) is 0 Å². The zero-order valence-electron chi connectivity index (χ0n) is 21.5. The van der Waals surface area contributed by atoms with Crippen LogP contribution >= 0.6 is 11.6 Å². The third-order valence-corrected chi connectivity index (χ3v) is 8.49. The molecule has 0 bridgehead atoms. The number of para-hydroxylation sites is 2. The van der Waals surface area contributed by atoms with Gasteiger partial charge in [-0.2, -0.15) is 0 Å². The summed E-state index contributed by atoms with van der Waals surface area (Å²) < 4.78 is 36.0. The molecule has 0 saturated heterocycles. The Bertz CT molecular complexity index is 1750. The molecule has 0 unspecified atom stereocenters. The van der Waals surface area contributed by atoms with Crippen molar-refractivity contribution in [2.24, 2.45) is 7.05 Å². The molecule has 0 aliphatic carbocycles. The maximum absolute atomic E-state index is 13.7. The molecule has 0 atom stereocenters. The summed E-state index contributed by atoms with van der Waals surface area (Å²) in [6, 6.07) is 18.8. The minimum absolute atomic E-state index is 0.0301. The van der Waals surface area contributed by atoms with Gasteiger partial charge in [-0.1, -0.05) is 41.9 Å². The fraction of sp³-hybridized carbons (Fsp3) is 0.148.